The third-order valence-corrected chi connectivity index (χ3v) is 7.58. The molecule has 204 valence electrons. The quantitative estimate of drug-likeness (QED) is 0.432. The molecule has 1 heterocycles. The van der Waals surface area contributed by atoms with Crippen molar-refractivity contribution in [3.05, 3.63) is 34.9 Å². The standard InChI is InChI=1S/C25H40ClN3O6S/c1-24(2,3)34-22(30)28-17-9-11-21(28)10-8-16-27(7)36(32,33)29(23(31)35-25(4,5)6)18-19-12-14-20(26)15-13-19/h12-15,21H,8-11,16-18H2,1-7H3/t21-/m1/s1. The van der Waals surface area contributed by atoms with Crippen LogP contribution in [0.25, 0.3) is 0 Å². The van der Waals surface area contributed by atoms with Gasteiger partial charge in [0.2, 0.25) is 0 Å². The molecule has 0 bridgehead atoms. The third-order valence-electron chi connectivity index (χ3n) is 5.52. The fourth-order valence-electron chi connectivity index (χ4n) is 3.84. The molecule has 0 radical (unpaired) electrons. The van der Waals surface area contributed by atoms with Gasteiger partial charge in [-0.3, -0.25) is 0 Å². The topological polar surface area (TPSA) is 96.5 Å². The molecule has 0 saturated carbocycles. The monoisotopic (exact) mass is 545 g/mol. The first-order chi connectivity index (χ1) is 16.5. The van der Waals surface area contributed by atoms with Crippen molar-refractivity contribution >= 4 is 34.0 Å². The van der Waals surface area contributed by atoms with Crippen molar-refractivity contribution in [3.63, 3.8) is 0 Å². The molecule has 1 aliphatic rings. The number of carbonyl (C=O) groups excluding carboxylic acids is 2. The number of halogens is 1. The Labute approximate surface area is 220 Å². The zero-order valence-corrected chi connectivity index (χ0v) is 24.0. The molecular formula is C25H40ClN3O6S. The van der Waals surface area contributed by atoms with Crippen molar-refractivity contribution < 1.29 is 27.5 Å². The summed E-state index contributed by atoms with van der Waals surface area (Å²) in [5, 5.41) is 0.509. The van der Waals surface area contributed by atoms with Crippen molar-refractivity contribution in [2.24, 2.45) is 0 Å². The Kier molecular flexibility index (Phi) is 10.1. The number of amides is 2. The Bertz CT molecular complexity index is 1000. The van der Waals surface area contributed by atoms with Crippen LogP contribution in [-0.2, 0) is 26.2 Å². The van der Waals surface area contributed by atoms with Crippen molar-refractivity contribution in [1.82, 2.24) is 13.5 Å². The van der Waals surface area contributed by atoms with Gasteiger partial charge in [0.1, 0.15) is 11.2 Å². The maximum atomic E-state index is 13.4. The van der Waals surface area contributed by atoms with Gasteiger partial charge in [-0.2, -0.15) is 17.0 Å². The Balaban J connectivity index is 2.08. The van der Waals surface area contributed by atoms with Crippen LogP contribution in [0.4, 0.5) is 9.59 Å². The minimum Gasteiger partial charge on any atom is -0.444 e. The van der Waals surface area contributed by atoms with Crippen LogP contribution in [0.15, 0.2) is 24.3 Å². The van der Waals surface area contributed by atoms with Crippen LogP contribution in [-0.4, -0.2) is 71.5 Å². The van der Waals surface area contributed by atoms with Crippen LogP contribution in [0.5, 0.6) is 0 Å². The predicted molar refractivity (Wildman–Crippen MR) is 140 cm³/mol. The average Bonchev–Trinajstić information content (AvgIpc) is 3.19. The molecule has 1 fully saturated rings. The molecule has 0 aromatic heterocycles. The number of carbonyl (C=O) groups is 2. The smallest absolute Gasteiger partial charge is 0.425 e. The fourth-order valence-corrected chi connectivity index (χ4v) is 5.20. The van der Waals surface area contributed by atoms with Gasteiger partial charge in [0, 0.05) is 31.2 Å². The number of likely N-dealkylation sites (tertiary alicyclic amines) is 1. The summed E-state index contributed by atoms with van der Waals surface area (Å²) < 4.78 is 39.6. The first-order valence-electron chi connectivity index (χ1n) is 12.2. The van der Waals surface area contributed by atoms with Crippen LogP contribution in [0.1, 0.15) is 72.8 Å². The van der Waals surface area contributed by atoms with Gasteiger partial charge in [-0.05, 0) is 84.9 Å². The highest BCUT2D eigenvalue weighted by molar-refractivity contribution is 7.87. The van der Waals surface area contributed by atoms with Crippen LogP contribution >= 0.6 is 11.6 Å². The number of nitrogens with zero attached hydrogens (tertiary/aromatic N) is 3. The van der Waals surface area contributed by atoms with Gasteiger partial charge in [-0.1, -0.05) is 23.7 Å². The van der Waals surface area contributed by atoms with E-state index in [1.54, 1.807) is 49.9 Å². The maximum absolute atomic E-state index is 13.4. The molecular weight excluding hydrogens is 506 g/mol. The first-order valence-corrected chi connectivity index (χ1v) is 14.0. The highest BCUT2D eigenvalue weighted by Crippen LogP contribution is 2.25. The van der Waals surface area contributed by atoms with E-state index in [4.69, 9.17) is 21.1 Å². The highest BCUT2D eigenvalue weighted by Gasteiger charge is 2.36. The lowest BCUT2D eigenvalue weighted by Crippen LogP contribution is -2.47. The Hall–Kier alpha value is -2.04. The van der Waals surface area contributed by atoms with E-state index in [0.717, 1.165) is 21.5 Å². The molecule has 0 spiro atoms. The third kappa shape index (κ3) is 9.12. The van der Waals surface area contributed by atoms with Gasteiger partial charge < -0.3 is 14.4 Å². The summed E-state index contributed by atoms with van der Waals surface area (Å²) in [6.45, 7) is 11.2. The zero-order valence-electron chi connectivity index (χ0n) is 22.4. The van der Waals surface area contributed by atoms with E-state index in [0.29, 0.717) is 30.0 Å². The van der Waals surface area contributed by atoms with E-state index < -0.39 is 27.5 Å². The molecule has 1 aromatic rings. The van der Waals surface area contributed by atoms with Crippen molar-refractivity contribution in [2.45, 2.75) is 91.0 Å². The van der Waals surface area contributed by atoms with E-state index in [9.17, 15) is 18.0 Å². The van der Waals surface area contributed by atoms with E-state index in [-0.39, 0.29) is 25.2 Å². The Morgan fingerprint density at radius 1 is 1.06 bits per heavy atom. The molecule has 1 saturated heterocycles. The Morgan fingerprint density at radius 2 is 1.64 bits per heavy atom. The first kappa shape index (κ1) is 30.2. The van der Waals surface area contributed by atoms with Crippen LogP contribution in [0.2, 0.25) is 5.02 Å². The normalized spacial score (nSPS) is 16.8. The molecule has 2 rings (SSSR count). The van der Waals surface area contributed by atoms with Gasteiger partial charge in [0.15, 0.2) is 0 Å². The van der Waals surface area contributed by atoms with Gasteiger partial charge >= 0.3 is 22.4 Å². The van der Waals surface area contributed by atoms with Crippen molar-refractivity contribution in [3.8, 4) is 0 Å². The second kappa shape index (κ2) is 12.0. The number of benzene rings is 1. The lowest BCUT2D eigenvalue weighted by atomic mass is 10.1. The number of hydrogen-bond acceptors (Lipinski definition) is 6. The van der Waals surface area contributed by atoms with E-state index >= 15 is 0 Å². The van der Waals surface area contributed by atoms with Crippen molar-refractivity contribution in [2.75, 3.05) is 20.1 Å². The molecule has 11 heteroatoms. The Morgan fingerprint density at radius 3 is 2.19 bits per heavy atom. The second-order valence-electron chi connectivity index (χ2n) is 11.1. The molecule has 0 aliphatic carbocycles. The van der Waals surface area contributed by atoms with Gasteiger partial charge in [-0.15, -0.1) is 0 Å². The molecule has 1 aliphatic heterocycles. The average molecular weight is 546 g/mol. The molecule has 1 atom stereocenters. The molecule has 0 N–H and O–H groups in total. The van der Waals surface area contributed by atoms with E-state index in [2.05, 4.69) is 0 Å². The largest absolute Gasteiger partial charge is 0.444 e. The van der Waals surface area contributed by atoms with Crippen LogP contribution in [0.3, 0.4) is 0 Å². The summed E-state index contributed by atoms with van der Waals surface area (Å²) in [7, 11) is -2.74. The summed E-state index contributed by atoms with van der Waals surface area (Å²) in [4.78, 5) is 27.2. The zero-order chi connectivity index (χ0) is 27.3. The molecule has 9 nitrogen and oxygen atoms in total. The molecule has 1 aromatic carbocycles. The molecule has 36 heavy (non-hydrogen) atoms. The van der Waals surface area contributed by atoms with Gasteiger partial charge in [-0.25, -0.2) is 9.59 Å². The second-order valence-corrected chi connectivity index (χ2v) is 13.5. The van der Waals surface area contributed by atoms with Crippen LogP contribution in [0, 0.1) is 0 Å². The summed E-state index contributed by atoms with van der Waals surface area (Å²) in [5.74, 6) is 0. The maximum Gasteiger partial charge on any atom is 0.425 e. The number of hydrogen-bond donors (Lipinski definition) is 0. The lowest BCUT2D eigenvalue weighted by Gasteiger charge is -2.31. The van der Waals surface area contributed by atoms with E-state index in [1.165, 1.54) is 7.05 Å². The van der Waals surface area contributed by atoms with Crippen molar-refractivity contribution in [1.29, 1.82) is 0 Å². The predicted octanol–water partition coefficient (Wildman–Crippen LogP) is 5.43. The highest BCUT2D eigenvalue weighted by atomic mass is 35.5. The van der Waals surface area contributed by atoms with Gasteiger partial charge in [0.25, 0.3) is 0 Å². The summed E-state index contributed by atoms with van der Waals surface area (Å²) in [5.41, 5.74) is -0.841. The lowest BCUT2D eigenvalue weighted by molar-refractivity contribution is 0.0216. The summed E-state index contributed by atoms with van der Waals surface area (Å²) >= 11 is 5.95. The van der Waals surface area contributed by atoms with Gasteiger partial charge in [0.05, 0.1) is 6.54 Å². The van der Waals surface area contributed by atoms with E-state index in [1.807, 2.05) is 20.8 Å². The summed E-state index contributed by atoms with van der Waals surface area (Å²) in [6, 6.07) is 6.60. The number of rotatable bonds is 8. The molecule has 2 amide bonds. The molecule has 0 unspecified atom stereocenters. The summed E-state index contributed by atoms with van der Waals surface area (Å²) in [6.07, 6.45) is 1.58. The SMILES string of the molecule is CN(CCC[C@@H]1CCCN1C(=O)OC(C)(C)C)S(=O)(=O)N(Cc1ccc(Cl)cc1)C(=O)OC(C)(C)C. The van der Waals surface area contributed by atoms with Crippen LogP contribution < -0.4 is 0 Å². The number of ether oxygens (including phenoxy) is 2. The minimum atomic E-state index is -4.18. The fraction of sp³-hybridized carbons (Fsp3) is 0.680. The minimum absolute atomic E-state index is 0.00743.